The third kappa shape index (κ3) is 4.34. The van der Waals surface area contributed by atoms with Gasteiger partial charge in [-0.3, -0.25) is 14.5 Å². The first-order chi connectivity index (χ1) is 14.2. The zero-order valence-electron chi connectivity index (χ0n) is 16.2. The van der Waals surface area contributed by atoms with Gasteiger partial charge in [0, 0.05) is 30.5 Å². The lowest BCUT2D eigenvalue weighted by Gasteiger charge is -2.48. The van der Waals surface area contributed by atoms with Gasteiger partial charge in [0.2, 0.25) is 0 Å². The number of fused-ring (bicyclic) bond motifs is 3. The van der Waals surface area contributed by atoms with Gasteiger partial charge in [-0.25, -0.2) is 4.98 Å². The lowest BCUT2D eigenvalue weighted by Crippen LogP contribution is -2.60. The number of piperidine rings is 3. The molecule has 10 heteroatoms. The molecule has 3 saturated heterocycles. The minimum atomic E-state index is -4.94. The number of carbonyl (C=O) groups excluding carboxylic acids is 2. The summed E-state index contributed by atoms with van der Waals surface area (Å²) in [5, 5.41) is 5.26. The van der Waals surface area contributed by atoms with Crippen molar-refractivity contribution in [3.63, 3.8) is 0 Å². The Morgan fingerprint density at radius 1 is 1.23 bits per heavy atom. The molecular formula is C20H21F3N4O2S. The van der Waals surface area contributed by atoms with Crippen molar-refractivity contribution in [1.82, 2.24) is 15.2 Å². The van der Waals surface area contributed by atoms with Crippen molar-refractivity contribution in [2.75, 3.05) is 18.4 Å². The molecule has 3 unspecified atom stereocenters. The molecule has 2 bridgehead atoms. The van der Waals surface area contributed by atoms with Gasteiger partial charge in [-0.1, -0.05) is 12.1 Å². The molecule has 4 heterocycles. The van der Waals surface area contributed by atoms with Gasteiger partial charge in [0.15, 0.2) is 5.01 Å². The van der Waals surface area contributed by atoms with Crippen molar-refractivity contribution in [2.45, 2.75) is 38.0 Å². The predicted octanol–water partition coefficient (Wildman–Crippen LogP) is 3.52. The van der Waals surface area contributed by atoms with Crippen LogP contribution in [-0.4, -0.2) is 53.0 Å². The second kappa shape index (κ2) is 7.99. The molecule has 2 aromatic rings. The molecular weight excluding hydrogens is 417 g/mol. The Morgan fingerprint density at radius 2 is 1.97 bits per heavy atom. The molecule has 6 nitrogen and oxygen atoms in total. The van der Waals surface area contributed by atoms with E-state index in [-0.39, 0.29) is 17.6 Å². The largest absolute Gasteiger partial charge is 0.471 e. The smallest absolute Gasteiger partial charge is 0.346 e. The van der Waals surface area contributed by atoms with Crippen LogP contribution < -0.4 is 10.6 Å². The second-order valence-electron chi connectivity index (χ2n) is 7.77. The lowest BCUT2D eigenvalue weighted by molar-refractivity contribution is -0.167. The number of hydrogen-bond donors (Lipinski definition) is 2. The number of rotatable bonds is 4. The summed E-state index contributed by atoms with van der Waals surface area (Å²) in [6, 6.07) is 6.62. The molecule has 5 rings (SSSR count). The highest BCUT2D eigenvalue weighted by atomic mass is 32.1. The normalized spacial score (nSPS) is 25.7. The maximum Gasteiger partial charge on any atom is 0.471 e. The van der Waals surface area contributed by atoms with Crippen LogP contribution in [0.2, 0.25) is 0 Å². The van der Waals surface area contributed by atoms with Gasteiger partial charge in [-0.15, -0.1) is 11.3 Å². The summed E-state index contributed by atoms with van der Waals surface area (Å²) >= 11 is 1.22. The van der Waals surface area contributed by atoms with E-state index in [2.05, 4.69) is 22.1 Å². The molecule has 3 aliphatic heterocycles. The molecule has 2 N–H and O–H groups in total. The zero-order chi connectivity index (χ0) is 21.5. The van der Waals surface area contributed by atoms with E-state index < -0.39 is 12.1 Å². The van der Waals surface area contributed by atoms with E-state index in [1.807, 2.05) is 0 Å². The van der Waals surface area contributed by atoms with Crippen LogP contribution in [0, 0.1) is 5.92 Å². The van der Waals surface area contributed by atoms with Crippen LogP contribution >= 0.6 is 11.3 Å². The molecule has 30 heavy (non-hydrogen) atoms. The van der Waals surface area contributed by atoms with Crippen LogP contribution in [-0.2, 0) is 4.79 Å². The van der Waals surface area contributed by atoms with Crippen molar-refractivity contribution in [3.05, 3.63) is 35.5 Å². The summed E-state index contributed by atoms with van der Waals surface area (Å²) < 4.78 is 37.0. The number of hydrogen-bond acceptors (Lipinski definition) is 5. The number of benzene rings is 1. The molecule has 1 aromatic heterocycles. The Labute approximate surface area is 175 Å². The summed E-state index contributed by atoms with van der Waals surface area (Å²) in [7, 11) is 0. The van der Waals surface area contributed by atoms with Gasteiger partial charge >= 0.3 is 12.1 Å². The SMILES string of the molecule is CC1CC2CCN1C[C@@H]2NC(=O)c1ncc(-c2ccc(NC(=O)C(F)(F)F)cc2)s1. The van der Waals surface area contributed by atoms with E-state index in [1.165, 1.54) is 23.5 Å². The predicted molar refractivity (Wildman–Crippen MR) is 107 cm³/mol. The maximum atomic E-state index is 12.6. The van der Waals surface area contributed by atoms with Crippen LogP contribution in [0.1, 0.15) is 29.6 Å². The average molecular weight is 438 g/mol. The Hall–Kier alpha value is -2.46. The first kappa shape index (κ1) is 20.8. The first-order valence-corrected chi connectivity index (χ1v) is 10.5. The third-order valence-corrected chi connectivity index (χ3v) is 6.80. The number of anilines is 1. The summed E-state index contributed by atoms with van der Waals surface area (Å²) in [4.78, 5) is 31.0. The van der Waals surface area contributed by atoms with Gasteiger partial charge < -0.3 is 10.6 Å². The number of alkyl halides is 3. The minimum Gasteiger partial charge on any atom is -0.346 e. The Morgan fingerprint density at radius 3 is 2.57 bits per heavy atom. The monoisotopic (exact) mass is 438 g/mol. The third-order valence-electron chi connectivity index (χ3n) is 5.76. The van der Waals surface area contributed by atoms with Gasteiger partial charge in [0.05, 0.1) is 4.88 Å². The number of nitrogens with one attached hydrogen (secondary N) is 2. The highest BCUT2D eigenvalue weighted by Gasteiger charge is 2.39. The molecule has 1 aromatic carbocycles. The molecule has 0 spiro atoms. The summed E-state index contributed by atoms with van der Waals surface area (Å²) in [6.07, 6.45) is -1.19. The van der Waals surface area contributed by atoms with Gasteiger partial charge in [0.1, 0.15) is 0 Å². The Balaban J connectivity index is 1.39. The van der Waals surface area contributed by atoms with Crippen molar-refractivity contribution >= 4 is 28.8 Å². The standard InChI is InChI=1S/C20H21F3N4O2S/c1-11-8-13-6-7-27(11)10-15(13)26-17(28)18-24-9-16(30-18)12-2-4-14(5-3-12)25-19(29)20(21,22)23/h2-5,9,11,13,15H,6-8,10H2,1H3,(H,25,29)(H,26,28)/t11?,13?,15-/m0/s1. The van der Waals surface area contributed by atoms with Crippen LogP contribution in [0.3, 0.4) is 0 Å². The summed E-state index contributed by atoms with van der Waals surface area (Å²) in [6.45, 7) is 4.16. The summed E-state index contributed by atoms with van der Waals surface area (Å²) in [5.41, 5.74) is 0.744. The number of carbonyl (C=O) groups is 2. The van der Waals surface area contributed by atoms with Crippen molar-refractivity contribution in [2.24, 2.45) is 5.92 Å². The van der Waals surface area contributed by atoms with Crippen molar-refractivity contribution < 1.29 is 22.8 Å². The van der Waals surface area contributed by atoms with E-state index in [0.29, 0.717) is 22.5 Å². The highest BCUT2D eigenvalue weighted by Crippen LogP contribution is 2.33. The quantitative estimate of drug-likeness (QED) is 0.766. The maximum absolute atomic E-state index is 12.6. The van der Waals surface area contributed by atoms with Gasteiger partial charge in [-0.05, 0) is 49.9 Å². The Kier molecular flexibility index (Phi) is 5.54. The number of amides is 2. The topological polar surface area (TPSA) is 74.3 Å². The summed E-state index contributed by atoms with van der Waals surface area (Å²) in [5.74, 6) is -1.73. The molecule has 2 amide bonds. The van der Waals surface area contributed by atoms with Gasteiger partial charge in [0.25, 0.3) is 5.91 Å². The number of thiazole rings is 1. The van der Waals surface area contributed by atoms with Crippen molar-refractivity contribution in [1.29, 1.82) is 0 Å². The zero-order valence-corrected chi connectivity index (χ0v) is 17.0. The van der Waals surface area contributed by atoms with E-state index in [1.54, 1.807) is 23.6 Å². The fourth-order valence-corrected chi connectivity index (χ4v) is 4.95. The van der Waals surface area contributed by atoms with E-state index in [9.17, 15) is 22.8 Å². The fourth-order valence-electron chi connectivity index (χ4n) is 4.12. The van der Waals surface area contributed by atoms with Crippen LogP contribution in [0.5, 0.6) is 0 Å². The average Bonchev–Trinajstić information content (AvgIpc) is 3.19. The molecule has 3 fully saturated rings. The molecule has 160 valence electrons. The van der Waals surface area contributed by atoms with Crippen LogP contribution in [0.25, 0.3) is 10.4 Å². The van der Waals surface area contributed by atoms with Crippen LogP contribution in [0.4, 0.5) is 18.9 Å². The van der Waals surface area contributed by atoms with Gasteiger partial charge in [-0.2, -0.15) is 13.2 Å². The fraction of sp³-hybridized carbons (Fsp3) is 0.450. The minimum absolute atomic E-state index is 0.0418. The van der Waals surface area contributed by atoms with E-state index in [4.69, 9.17) is 0 Å². The molecule has 3 aliphatic rings. The first-order valence-electron chi connectivity index (χ1n) is 9.70. The molecule has 4 atom stereocenters. The number of nitrogens with zero attached hydrogens (tertiary/aromatic N) is 2. The second-order valence-corrected chi connectivity index (χ2v) is 8.80. The van der Waals surface area contributed by atoms with E-state index >= 15 is 0 Å². The highest BCUT2D eigenvalue weighted by molar-refractivity contribution is 7.17. The number of aromatic nitrogens is 1. The van der Waals surface area contributed by atoms with E-state index in [0.717, 1.165) is 30.8 Å². The molecule has 0 aliphatic carbocycles. The van der Waals surface area contributed by atoms with Crippen LogP contribution in [0.15, 0.2) is 30.5 Å². The molecule has 0 radical (unpaired) electrons. The molecule has 0 saturated carbocycles. The Bertz CT molecular complexity index is 944. The number of halogens is 3. The van der Waals surface area contributed by atoms with Crippen molar-refractivity contribution in [3.8, 4) is 10.4 Å². The lowest BCUT2D eigenvalue weighted by atomic mass is 9.80.